The number of benzene rings is 2. The van der Waals surface area contributed by atoms with E-state index in [9.17, 15) is 9.18 Å². The van der Waals surface area contributed by atoms with Crippen LogP contribution in [0.4, 0.5) is 4.39 Å². The highest BCUT2D eigenvalue weighted by atomic mass is 19.1. The first kappa shape index (κ1) is 14.2. The van der Waals surface area contributed by atoms with Crippen molar-refractivity contribution in [3.05, 3.63) is 59.9 Å². The number of hydrogen-bond acceptors (Lipinski definition) is 2. The average molecular weight is 272 g/mol. The van der Waals surface area contributed by atoms with Crippen LogP contribution in [0.1, 0.15) is 12.5 Å². The Balaban J connectivity index is 2.05. The maximum Gasteiger partial charge on any atom is 0.234 e. The second-order valence-corrected chi connectivity index (χ2v) is 4.71. The molecule has 2 rings (SSSR count). The van der Waals surface area contributed by atoms with Gasteiger partial charge in [0.15, 0.2) is 0 Å². The molecule has 1 unspecified atom stereocenters. The van der Waals surface area contributed by atoms with Crippen LogP contribution >= 0.6 is 0 Å². The fourth-order valence-electron chi connectivity index (χ4n) is 1.85. The standard InChI is InChI=1S/C16H17FN2O/c1-11(16(18)20)19-10-12-5-7-13(8-6-12)14-3-2-4-15(17)9-14/h2-9,11,19H,10H2,1H3,(H2,18,20). The van der Waals surface area contributed by atoms with Gasteiger partial charge in [0.05, 0.1) is 6.04 Å². The number of hydrogen-bond donors (Lipinski definition) is 2. The Bertz CT molecular complexity index is 596. The first-order valence-electron chi connectivity index (χ1n) is 6.44. The van der Waals surface area contributed by atoms with Gasteiger partial charge in [-0.05, 0) is 35.7 Å². The van der Waals surface area contributed by atoms with E-state index in [1.807, 2.05) is 30.3 Å². The number of amides is 1. The molecule has 1 amide bonds. The Hall–Kier alpha value is -2.20. The molecule has 0 saturated heterocycles. The summed E-state index contributed by atoms with van der Waals surface area (Å²) < 4.78 is 13.2. The Morgan fingerprint density at radius 1 is 1.20 bits per heavy atom. The van der Waals surface area contributed by atoms with Crippen molar-refractivity contribution >= 4 is 5.91 Å². The van der Waals surface area contributed by atoms with Crippen LogP contribution in [-0.2, 0) is 11.3 Å². The Kier molecular flexibility index (Phi) is 4.48. The molecule has 0 bridgehead atoms. The number of carbonyl (C=O) groups is 1. The molecule has 104 valence electrons. The van der Waals surface area contributed by atoms with Crippen molar-refractivity contribution in [1.29, 1.82) is 0 Å². The van der Waals surface area contributed by atoms with Gasteiger partial charge >= 0.3 is 0 Å². The third-order valence-corrected chi connectivity index (χ3v) is 3.15. The fraction of sp³-hybridized carbons (Fsp3) is 0.188. The number of carbonyl (C=O) groups excluding carboxylic acids is 1. The summed E-state index contributed by atoms with van der Waals surface area (Å²) in [4.78, 5) is 10.9. The summed E-state index contributed by atoms with van der Waals surface area (Å²) >= 11 is 0. The second-order valence-electron chi connectivity index (χ2n) is 4.71. The quantitative estimate of drug-likeness (QED) is 0.878. The largest absolute Gasteiger partial charge is 0.368 e. The average Bonchev–Trinajstić information content (AvgIpc) is 2.45. The van der Waals surface area contributed by atoms with Gasteiger partial charge in [-0.2, -0.15) is 0 Å². The van der Waals surface area contributed by atoms with E-state index in [1.165, 1.54) is 12.1 Å². The molecule has 0 saturated carbocycles. The summed E-state index contributed by atoms with van der Waals surface area (Å²) in [6, 6.07) is 13.9. The van der Waals surface area contributed by atoms with Crippen molar-refractivity contribution in [2.75, 3.05) is 0 Å². The molecule has 1 atom stereocenters. The van der Waals surface area contributed by atoms with Crippen molar-refractivity contribution in [3.63, 3.8) is 0 Å². The molecule has 20 heavy (non-hydrogen) atoms. The van der Waals surface area contributed by atoms with E-state index < -0.39 is 0 Å². The molecule has 0 aliphatic heterocycles. The van der Waals surface area contributed by atoms with Crippen LogP contribution in [0.3, 0.4) is 0 Å². The summed E-state index contributed by atoms with van der Waals surface area (Å²) in [6.07, 6.45) is 0. The van der Waals surface area contributed by atoms with Crippen LogP contribution in [0, 0.1) is 5.82 Å². The minimum atomic E-state index is -0.374. The van der Waals surface area contributed by atoms with Gasteiger partial charge in [0.2, 0.25) is 5.91 Å². The lowest BCUT2D eigenvalue weighted by Crippen LogP contribution is -2.38. The van der Waals surface area contributed by atoms with Crippen molar-refractivity contribution in [2.24, 2.45) is 5.73 Å². The van der Waals surface area contributed by atoms with E-state index >= 15 is 0 Å². The van der Waals surface area contributed by atoms with Crippen LogP contribution in [0.15, 0.2) is 48.5 Å². The zero-order valence-corrected chi connectivity index (χ0v) is 11.3. The van der Waals surface area contributed by atoms with E-state index in [0.29, 0.717) is 6.54 Å². The van der Waals surface area contributed by atoms with Gasteiger partial charge in [0.1, 0.15) is 5.82 Å². The number of halogens is 1. The summed E-state index contributed by atoms with van der Waals surface area (Å²) in [5.41, 5.74) is 8.01. The van der Waals surface area contributed by atoms with E-state index in [0.717, 1.165) is 16.7 Å². The lowest BCUT2D eigenvalue weighted by atomic mass is 10.0. The highest BCUT2D eigenvalue weighted by Gasteiger charge is 2.07. The maximum absolute atomic E-state index is 13.2. The van der Waals surface area contributed by atoms with Gasteiger partial charge in [-0.1, -0.05) is 36.4 Å². The number of nitrogens with two attached hydrogens (primary N) is 1. The zero-order chi connectivity index (χ0) is 14.5. The minimum Gasteiger partial charge on any atom is -0.368 e. The molecule has 2 aromatic carbocycles. The van der Waals surface area contributed by atoms with Crippen LogP contribution < -0.4 is 11.1 Å². The van der Waals surface area contributed by atoms with Crippen molar-refractivity contribution < 1.29 is 9.18 Å². The first-order chi connectivity index (χ1) is 9.56. The molecule has 0 radical (unpaired) electrons. The number of primary amides is 1. The van der Waals surface area contributed by atoms with Crippen LogP contribution in [0.2, 0.25) is 0 Å². The normalized spacial score (nSPS) is 12.1. The predicted molar refractivity (Wildman–Crippen MR) is 77.3 cm³/mol. The lowest BCUT2D eigenvalue weighted by Gasteiger charge is -2.10. The van der Waals surface area contributed by atoms with Gasteiger partial charge < -0.3 is 11.1 Å². The Morgan fingerprint density at radius 2 is 1.90 bits per heavy atom. The molecule has 3 nitrogen and oxygen atoms in total. The molecule has 3 N–H and O–H groups in total. The first-order valence-corrected chi connectivity index (χ1v) is 6.44. The smallest absolute Gasteiger partial charge is 0.234 e. The number of nitrogens with one attached hydrogen (secondary N) is 1. The molecule has 0 fully saturated rings. The van der Waals surface area contributed by atoms with E-state index in [2.05, 4.69) is 5.32 Å². The monoisotopic (exact) mass is 272 g/mol. The minimum absolute atomic E-state index is 0.247. The van der Waals surface area contributed by atoms with E-state index in [-0.39, 0.29) is 17.8 Å². The highest BCUT2D eigenvalue weighted by Crippen LogP contribution is 2.20. The molecule has 0 heterocycles. The summed E-state index contributed by atoms with van der Waals surface area (Å²) in [5, 5.41) is 3.03. The molecule has 0 aromatic heterocycles. The third-order valence-electron chi connectivity index (χ3n) is 3.15. The Morgan fingerprint density at radius 3 is 2.50 bits per heavy atom. The van der Waals surface area contributed by atoms with Crippen molar-refractivity contribution in [1.82, 2.24) is 5.32 Å². The summed E-state index contributed by atoms with van der Waals surface area (Å²) in [6.45, 7) is 2.29. The van der Waals surface area contributed by atoms with Gasteiger partial charge in [-0.3, -0.25) is 4.79 Å². The Labute approximate surface area is 117 Å². The fourth-order valence-corrected chi connectivity index (χ4v) is 1.85. The highest BCUT2D eigenvalue weighted by molar-refractivity contribution is 5.79. The molecule has 4 heteroatoms. The number of rotatable bonds is 5. The van der Waals surface area contributed by atoms with Gasteiger partial charge in [0, 0.05) is 6.54 Å². The molecular weight excluding hydrogens is 255 g/mol. The van der Waals surface area contributed by atoms with Gasteiger partial charge in [0.25, 0.3) is 0 Å². The zero-order valence-electron chi connectivity index (χ0n) is 11.3. The summed E-state index contributed by atoms with van der Waals surface area (Å²) in [5.74, 6) is -0.620. The topological polar surface area (TPSA) is 55.1 Å². The van der Waals surface area contributed by atoms with Crippen LogP contribution in [0.5, 0.6) is 0 Å². The molecule has 2 aromatic rings. The SMILES string of the molecule is CC(NCc1ccc(-c2cccc(F)c2)cc1)C(N)=O. The molecule has 0 spiro atoms. The molecular formula is C16H17FN2O. The van der Waals surface area contributed by atoms with Gasteiger partial charge in [-0.15, -0.1) is 0 Å². The van der Waals surface area contributed by atoms with E-state index in [1.54, 1.807) is 13.0 Å². The van der Waals surface area contributed by atoms with Crippen LogP contribution in [-0.4, -0.2) is 11.9 Å². The van der Waals surface area contributed by atoms with Gasteiger partial charge in [-0.25, -0.2) is 4.39 Å². The third kappa shape index (κ3) is 3.65. The van der Waals surface area contributed by atoms with Crippen LogP contribution in [0.25, 0.3) is 11.1 Å². The lowest BCUT2D eigenvalue weighted by molar-refractivity contribution is -0.119. The molecule has 0 aliphatic rings. The maximum atomic E-state index is 13.2. The van der Waals surface area contributed by atoms with E-state index in [4.69, 9.17) is 5.73 Å². The van der Waals surface area contributed by atoms with Crippen molar-refractivity contribution in [3.8, 4) is 11.1 Å². The van der Waals surface area contributed by atoms with Crippen molar-refractivity contribution in [2.45, 2.75) is 19.5 Å². The predicted octanol–water partition coefficient (Wildman–Crippen LogP) is 2.46. The summed E-state index contributed by atoms with van der Waals surface area (Å²) in [7, 11) is 0. The second kappa shape index (κ2) is 6.30. The molecule has 0 aliphatic carbocycles.